The zero-order valence-corrected chi connectivity index (χ0v) is 13.0. The van der Waals surface area contributed by atoms with Crippen molar-refractivity contribution >= 4 is 0 Å². The maximum absolute atomic E-state index is 5.84. The number of hydrogen-bond donors (Lipinski definition) is 1. The van der Waals surface area contributed by atoms with Crippen molar-refractivity contribution in [1.29, 1.82) is 0 Å². The molecule has 1 heterocycles. The Hall–Kier alpha value is -1.50. The molecule has 1 aliphatic rings. The van der Waals surface area contributed by atoms with Crippen molar-refractivity contribution in [2.24, 2.45) is 5.73 Å². The lowest BCUT2D eigenvalue weighted by molar-refractivity contribution is 0.168. The van der Waals surface area contributed by atoms with Gasteiger partial charge in [-0.05, 0) is 44.2 Å². The van der Waals surface area contributed by atoms with Gasteiger partial charge < -0.3 is 10.6 Å². The van der Waals surface area contributed by atoms with E-state index in [9.17, 15) is 0 Å². The largest absolute Gasteiger partial charge is 0.399 e. The summed E-state index contributed by atoms with van der Waals surface area (Å²) in [6.07, 6.45) is 8.87. The van der Waals surface area contributed by atoms with E-state index in [1.54, 1.807) is 0 Å². The van der Waals surface area contributed by atoms with Gasteiger partial charge in [-0.25, -0.2) is 0 Å². The Morgan fingerprint density at radius 2 is 1.90 bits per heavy atom. The van der Waals surface area contributed by atoms with Gasteiger partial charge in [-0.15, -0.1) is 0 Å². The van der Waals surface area contributed by atoms with Crippen LogP contribution >= 0.6 is 0 Å². The zero-order valence-electron chi connectivity index (χ0n) is 13.0. The normalized spacial score (nSPS) is 19.1. The van der Waals surface area contributed by atoms with E-state index in [-0.39, 0.29) is 0 Å². The van der Waals surface area contributed by atoms with Crippen LogP contribution in [0.1, 0.15) is 20.3 Å². The number of rotatable bonds is 4. The van der Waals surface area contributed by atoms with Gasteiger partial charge in [0.2, 0.25) is 0 Å². The lowest BCUT2D eigenvalue weighted by atomic mass is 10.2. The molecule has 20 heavy (non-hydrogen) atoms. The van der Waals surface area contributed by atoms with Crippen LogP contribution in [0.5, 0.6) is 0 Å². The van der Waals surface area contributed by atoms with E-state index in [0.717, 1.165) is 50.4 Å². The Bertz CT molecular complexity index is 427. The minimum atomic E-state index is 0.770. The first-order valence-corrected chi connectivity index (χ1v) is 7.32. The lowest BCUT2D eigenvalue weighted by Crippen LogP contribution is -2.44. The number of nitrogens with zero attached hydrogens (tertiary/aromatic N) is 2. The number of likely N-dealkylation sites (N-methyl/N-ethyl adjacent to an activating group) is 1. The molecule has 0 radical (unpaired) electrons. The summed E-state index contributed by atoms with van der Waals surface area (Å²) < 4.78 is 0. The number of allylic oxidation sites excluding steroid dienone is 5. The first-order chi connectivity index (χ1) is 9.61. The van der Waals surface area contributed by atoms with Crippen LogP contribution in [0.25, 0.3) is 0 Å². The molecule has 3 nitrogen and oxygen atoms in total. The van der Waals surface area contributed by atoms with Crippen LogP contribution in [0, 0.1) is 11.8 Å². The summed E-state index contributed by atoms with van der Waals surface area (Å²) in [5, 5.41) is 0. The molecule has 1 rings (SSSR count). The highest BCUT2D eigenvalue weighted by molar-refractivity contribution is 5.32. The fourth-order valence-corrected chi connectivity index (χ4v) is 1.87. The van der Waals surface area contributed by atoms with Crippen molar-refractivity contribution in [2.45, 2.75) is 20.3 Å². The van der Waals surface area contributed by atoms with Gasteiger partial charge in [0.25, 0.3) is 0 Å². The van der Waals surface area contributed by atoms with Gasteiger partial charge in [0, 0.05) is 31.9 Å². The molecule has 1 saturated heterocycles. The second kappa shape index (κ2) is 9.41. The van der Waals surface area contributed by atoms with E-state index >= 15 is 0 Å². The Morgan fingerprint density at radius 1 is 1.20 bits per heavy atom. The average Bonchev–Trinajstić information content (AvgIpc) is 2.45. The summed E-state index contributed by atoms with van der Waals surface area (Å²) in [4.78, 5) is 4.75. The van der Waals surface area contributed by atoms with Crippen LogP contribution in [0.15, 0.2) is 35.6 Å². The molecule has 0 aromatic rings. The Morgan fingerprint density at radius 3 is 2.55 bits per heavy atom. The molecule has 1 aliphatic heterocycles. The van der Waals surface area contributed by atoms with E-state index in [4.69, 9.17) is 5.73 Å². The highest BCUT2D eigenvalue weighted by Crippen LogP contribution is 1.98. The van der Waals surface area contributed by atoms with Gasteiger partial charge in [0.15, 0.2) is 0 Å². The van der Waals surface area contributed by atoms with Crippen LogP contribution < -0.4 is 5.73 Å². The maximum atomic E-state index is 5.84. The molecule has 0 aliphatic carbocycles. The van der Waals surface area contributed by atoms with Crippen molar-refractivity contribution in [2.75, 3.05) is 39.8 Å². The zero-order chi connectivity index (χ0) is 14.8. The SMILES string of the molecule is CC/C=C/C(N)=C/C=C(\C)C#CCN1CCN(C)CC1. The number of hydrogen-bond acceptors (Lipinski definition) is 3. The minimum Gasteiger partial charge on any atom is -0.399 e. The highest BCUT2D eigenvalue weighted by Gasteiger charge is 2.11. The third-order valence-electron chi connectivity index (χ3n) is 3.26. The van der Waals surface area contributed by atoms with Crippen molar-refractivity contribution in [1.82, 2.24) is 9.80 Å². The van der Waals surface area contributed by atoms with Crippen molar-refractivity contribution in [3.63, 3.8) is 0 Å². The van der Waals surface area contributed by atoms with E-state index in [2.05, 4.69) is 35.6 Å². The molecule has 0 amide bonds. The summed E-state index contributed by atoms with van der Waals surface area (Å²) in [6, 6.07) is 0. The van der Waals surface area contributed by atoms with Crippen LogP contribution in [-0.4, -0.2) is 49.6 Å². The van der Waals surface area contributed by atoms with Gasteiger partial charge in [0.05, 0.1) is 6.54 Å². The van der Waals surface area contributed by atoms with E-state index in [1.807, 2.05) is 31.2 Å². The summed E-state index contributed by atoms with van der Waals surface area (Å²) in [7, 11) is 2.17. The second-order valence-electron chi connectivity index (χ2n) is 5.21. The molecule has 0 unspecified atom stereocenters. The predicted molar refractivity (Wildman–Crippen MR) is 87.2 cm³/mol. The highest BCUT2D eigenvalue weighted by atomic mass is 15.2. The van der Waals surface area contributed by atoms with Crippen molar-refractivity contribution in [3.05, 3.63) is 35.6 Å². The van der Waals surface area contributed by atoms with Crippen LogP contribution in [-0.2, 0) is 0 Å². The van der Waals surface area contributed by atoms with Gasteiger partial charge in [0.1, 0.15) is 0 Å². The molecule has 0 spiro atoms. The molecule has 2 N–H and O–H groups in total. The molecule has 3 heteroatoms. The fraction of sp³-hybridized carbons (Fsp3) is 0.529. The molecule has 0 saturated carbocycles. The molecule has 0 atom stereocenters. The third-order valence-corrected chi connectivity index (χ3v) is 3.26. The van der Waals surface area contributed by atoms with E-state index in [0.29, 0.717) is 0 Å². The summed E-state index contributed by atoms with van der Waals surface area (Å²) in [5.74, 6) is 6.42. The van der Waals surface area contributed by atoms with E-state index in [1.165, 1.54) is 0 Å². The first-order valence-electron chi connectivity index (χ1n) is 7.32. The van der Waals surface area contributed by atoms with Gasteiger partial charge in [-0.1, -0.05) is 24.8 Å². The topological polar surface area (TPSA) is 32.5 Å². The van der Waals surface area contributed by atoms with Crippen LogP contribution in [0.2, 0.25) is 0 Å². The fourth-order valence-electron chi connectivity index (χ4n) is 1.87. The summed E-state index contributed by atoms with van der Waals surface area (Å²) in [5.41, 5.74) is 7.65. The Kier molecular flexibility index (Phi) is 7.79. The summed E-state index contributed by atoms with van der Waals surface area (Å²) in [6.45, 7) is 9.47. The average molecular weight is 273 g/mol. The number of nitrogens with two attached hydrogens (primary N) is 1. The summed E-state index contributed by atoms with van der Waals surface area (Å²) >= 11 is 0. The molecule has 1 fully saturated rings. The van der Waals surface area contributed by atoms with Crippen LogP contribution in [0.4, 0.5) is 0 Å². The molecule has 0 aromatic carbocycles. The Balaban J connectivity index is 2.40. The Labute approximate surface area is 123 Å². The predicted octanol–water partition coefficient (Wildman–Crippen LogP) is 1.99. The molecular formula is C17H27N3. The second-order valence-corrected chi connectivity index (χ2v) is 5.21. The van der Waals surface area contributed by atoms with Gasteiger partial charge >= 0.3 is 0 Å². The molecule has 110 valence electrons. The van der Waals surface area contributed by atoms with Gasteiger partial charge in [-0.3, -0.25) is 4.90 Å². The standard InChI is InChI=1S/C17H27N3/c1-4-5-8-17(18)10-9-16(2)7-6-11-20-14-12-19(3)13-15-20/h5,8-10H,4,11-15,18H2,1-3H3/b8-5+,16-9+,17-10-. The van der Waals surface area contributed by atoms with Crippen LogP contribution in [0.3, 0.4) is 0 Å². The van der Waals surface area contributed by atoms with Gasteiger partial charge in [-0.2, -0.15) is 0 Å². The minimum absolute atomic E-state index is 0.770. The first kappa shape index (κ1) is 16.6. The number of piperazine rings is 1. The molecule has 0 aromatic heterocycles. The van der Waals surface area contributed by atoms with Crippen molar-refractivity contribution in [3.8, 4) is 11.8 Å². The monoisotopic (exact) mass is 273 g/mol. The quantitative estimate of drug-likeness (QED) is 0.628. The van der Waals surface area contributed by atoms with Crippen molar-refractivity contribution < 1.29 is 0 Å². The third kappa shape index (κ3) is 7.18. The molecular weight excluding hydrogens is 246 g/mol. The van der Waals surface area contributed by atoms with E-state index < -0.39 is 0 Å². The maximum Gasteiger partial charge on any atom is 0.0606 e. The lowest BCUT2D eigenvalue weighted by Gasteiger charge is -2.30. The molecule has 0 bridgehead atoms. The smallest absolute Gasteiger partial charge is 0.0606 e.